The first-order valence-electron chi connectivity index (χ1n) is 16.5. The zero-order valence-corrected chi connectivity index (χ0v) is 27.5. The van der Waals surface area contributed by atoms with Crippen LogP contribution in [0.3, 0.4) is 0 Å². The van der Waals surface area contributed by atoms with Crippen LogP contribution in [0.15, 0.2) is 48.8 Å². The van der Waals surface area contributed by atoms with Crippen LogP contribution >= 0.6 is 0 Å². The number of nitrogens with one attached hydrogen (secondary N) is 3. The topological polar surface area (TPSA) is 153 Å². The predicted octanol–water partition coefficient (Wildman–Crippen LogP) is 1.85. The molecule has 0 radical (unpaired) electrons. The molecule has 0 spiro atoms. The summed E-state index contributed by atoms with van der Waals surface area (Å²) in [6.45, 7) is 1.21. The molecule has 46 heavy (non-hydrogen) atoms. The van der Waals surface area contributed by atoms with Crippen molar-refractivity contribution in [2.75, 3.05) is 27.2 Å². The molecule has 4 rings (SSSR count). The monoisotopic (exact) mass is 632 g/mol. The van der Waals surface area contributed by atoms with Gasteiger partial charge in [-0.2, -0.15) is 0 Å². The van der Waals surface area contributed by atoms with Crippen molar-refractivity contribution in [1.29, 1.82) is 5.41 Å². The van der Waals surface area contributed by atoms with Crippen molar-refractivity contribution in [3.63, 3.8) is 0 Å². The second kappa shape index (κ2) is 16.3. The molecule has 2 fully saturated rings. The first-order chi connectivity index (χ1) is 22.0. The van der Waals surface area contributed by atoms with Gasteiger partial charge in [0.25, 0.3) is 0 Å². The average Bonchev–Trinajstić information content (AvgIpc) is 3.06. The van der Waals surface area contributed by atoms with E-state index in [-0.39, 0.29) is 24.7 Å². The lowest BCUT2D eigenvalue weighted by atomic mass is 9.83. The Hall–Kier alpha value is -4.28. The summed E-state index contributed by atoms with van der Waals surface area (Å²) in [5.74, 6) is -2.62. The number of aryl methyl sites for hydroxylation is 1. The highest BCUT2D eigenvalue weighted by Crippen LogP contribution is 2.28. The fourth-order valence-corrected chi connectivity index (χ4v) is 6.53. The van der Waals surface area contributed by atoms with E-state index in [0.717, 1.165) is 68.1 Å². The molecule has 1 saturated heterocycles. The second-order valence-corrected chi connectivity index (χ2v) is 13.0. The Morgan fingerprint density at radius 2 is 1.57 bits per heavy atom. The van der Waals surface area contributed by atoms with Gasteiger partial charge in [0.2, 0.25) is 23.6 Å². The minimum Gasteiger partial charge on any atom is -0.368 e. The lowest BCUT2D eigenvalue weighted by Gasteiger charge is -2.33. The number of amidine groups is 1. The number of nitrogens with zero attached hydrogens (tertiary/aromatic N) is 3. The van der Waals surface area contributed by atoms with Gasteiger partial charge in [0.15, 0.2) is 12.4 Å². The van der Waals surface area contributed by atoms with Crippen LogP contribution in [-0.4, -0.2) is 78.5 Å². The molecule has 4 amide bonds. The van der Waals surface area contributed by atoms with Gasteiger partial charge in [0.05, 0.1) is 0 Å². The second-order valence-electron chi connectivity index (χ2n) is 13.0. The van der Waals surface area contributed by atoms with Gasteiger partial charge in [-0.3, -0.25) is 24.6 Å². The van der Waals surface area contributed by atoms with Crippen LogP contribution in [0.4, 0.5) is 0 Å². The number of rotatable bonds is 12. The molecule has 11 heteroatoms. The summed E-state index contributed by atoms with van der Waals surface area (Å²) in [5.41, 5.74) is 8.11. The first-order valence-corrected chi connectivity index (χ1v) is 16.5. The van der Waals surface area contributed by atoms with Crippen molar-refractivity contribution in [3.8, 4) is 0 Å². The van der Waals surface area contributed by atoms with Crippen molar-refractivity contribution in [1.82, 2.24) is 20.4 Å². The van der Waals surface area contributed by atoms with Crippen LogP contribution in [0.5, 0.6) is 0 Å². The molecule has 2 aromatic rings. The normalized spacial score (nSPS) is 17.3. The van der Waals surface area contributed by atoms with Gasteiger partial charge >= 0.3 is 0 Å². The molecule has 1 aliphatic heterocycles. The zero-order chi connectivity index (χ0) is 33.2. The number of aromatic nitrogens is 1. The first kappa shape index (κ1) is 34.6. The number of primary amides is 1. The predicted molar refractivity (Wildman–Crippen MR) is 176 cm³/mol. The third-order valence-electron chi connectivity index (χ3n) is 9.20. The van der Waals surface area contributed by atoms with E-state index in [1.807, 2.05) is 60.4 Å². The summed E-state index contributed by atoms with van der Waals surface area (Å²) < 4.78 is 1.86. The molecular formula is C35H50N7O4+. The molecule has 1 saturated carbocycles. The maximum Gasteiger partial charge on any atom is 0.243 e. The van der Waals surface area contributed by atoms with Crippen LogP contribution in [0.1, 0.15) is 68.1 Å². The largest absolute Gasteiger partial charge is 0.368 e. The molecule has 0 bridgehead atoms. The Kier molecular flexibility index (Phi) is 12.3. The van der Waals surface area contributed by atoms with Crippen LogP contribution in [-0.2, 0) is 39.1 Å². The lowest BCUT2D eigenvalue weighted by molar-refractivity contribution is -0.671. The van der Waals surface area contributed by atoms with E-state index >= 15 is 0 Å². The molecule has 2 heterocycles. The standard InChI is InChI=1S/C35H49N7O4/c1-40(2)31(36)27-16-14-24(15-17-27)21-28(35(46)42-19-8-5-9-20-42)33(44)39-30(26-12-6-4-7-13-26)34(45)38-29(32(37)43)22-25-11-10-18-41(3)23-25/h10-11,14-18,23,26,28-30,36H,4-9,12-13,19-22H2,1-3H3,(H3-,37,38,39,43,44,45)/p+1/t28?,29-,30-/m0/s1. The number of likely N-dealkylation sites (tertiary alicyclic amines) is 1. The van der Waals surface area contributed by atoms with E-state index in [0.29, 0.717) is 18.9 Å². The molecular weight excluding hydrogens is 582 g/mol. The molecule has 1 aromatic heterocycles. The number of benzene rings is 1. The van der Waals surface area contributed by atoms with E-state index in [4.69, 9.17) is 11.1 Å². The average molecular weight is 633 g/mol. The van der Waals surface area contributed by atoms with Crippen molar-refractivity contribution < 1.29 is 23.7 Å². The van der Waals surface area contributed by atoms with E-state index in [9.17, 15) is 19.2 Å². The number of amides is 4. The highest BCUT2D eigenvalue weighted by atomic mass is 16.2. The minimum absolute atomic E-state index is 0.122. The number of carbonyl (C=O) groups excluding carboxylic acids is 4. The molecule has 11 nitrogen and oxygen atoms in total. The van der Waals surface area contributed by atoms with Gasteiger partial charge in [-0.15, -0.1) is 0 Å². The zero-order valence-electron chi connectivity index (χ0n) is 27.5. The number of carbonyl (C=O) groups is 4. The molecule has 2 aliphatic rings. The van der Waals surface area contributed by atoms with Crippen LogP contribution in [0, 0.1) is 17.2 Å². The van der Waals surface area contributed by atoms with E-state index < -0.39 is 35.7 Å². The van der Waals surface area contributed by atoms with Crippen molar-refractivity contribution >= 4 is 29.5 Å². The van der Waals surface area contributed by atoms with Crippen LogP contribution in [0.2, 0.25) is 0 Å². The van der Waals surface area contributed by atoms with Crippen molar-refractivity contribution in [2.45, 2.75) is 76.3 Å². The summed E-state index contributed by atoms with van der Waals surface area (Å²) in [5, 5.41) is 14.1. The van der Waals surface area contributed by atoms with Gasteiger partial charge < -0.3 is 26.2 Å². The van der Waals surface area contributed by atoms with Gasteiger partial charge in [-0.05, 0) is 56.1 Å². The van der Waals surface area contributed by atoms with E-state index in [2.05, 4.69) is 10.6 Å². The molecule has 248 valence electrons. The van der Waals surface area contributed by atoms with Crippen molar-refractivity contribution in [2.24, 2.45) is 24.6 Å². The number of pyridine rings is 1. The molecule has 3 atom stereocenters. The van der Waals surface area contributed by atoms with Gasteiger partial charge in [0, 0.05) is 50.8 Å². The van der Waals surface area contributed by atoms with Gasteiger partial charge in [-0.1, -0.05) is 43.5 Å². The number of hydrogen-bond donors (Lipinski definition) is 4. The summed E-state index contributed by atoms with van der Waals surface area (Å²) in [6, 6.07) is 9.23. The van der Waals surface area contributed by atoms with Crippen molar-refractivity contribution in [3.05, 3.63) is 65.5 Å². The lowest BCUT2D eigenvalue weighted by Crippen LogP contribution is -2.58. The summed E-state index contributed by atoms with van der Waals surface area (Å²) >= 11 is 0. The van der Waals surface area contributed by atoms with Crippen LogP contribution < -0.4 is 20.9 Å². The summed E-state index contributed by atoms with van der Waals surface area (Å²) in [4.78, 5) is 57.9. The summed E-state index contributed by atoms with van der Waals surface area (Å²) in [7, 11) is 5.49. The number of hydrogen-bond acceptors (Lipinski definition) is 5. The Balaban J connectivity index is 1.57. The number of piperidine rings is 1. The van der Waals surface area contributed by atoms with E-state index in [1.54, 1.807) is 23.9 Å². The smallest absolute Gasteiger partial charge is 0.243 e. The summed E-state index contributed by atoms with van der Waals surface area (Å²) in [6.07, 6.45) is 11.4. The SMILES string of the molecule is CN(C)C(=N)c1ccc(CC(C(=O)N[C@H](C(=O)N[C@@H](Cc2ccc[n+](C)c2)C(N)=O)C2CCCCC2)C(=O)N2CCCCC2)cc1. The molecule has 5 N–H and O–H groups in total. The van der Waals surface area contributed by atoms with E-state index in [1.165, 1.54) is 0 Å². The third-order valence-corrected chi connectivity index (χ3v) is 9.20. The molecule has 1 aromatic carbocycles. The highest BCUT2D eigenvalue weighted by Gasteiger charge is 2.38. The Bertz CT molecular complexity index is 1380. The Morgan fingerprint density at radius 1 is 0.913 bits per heavy atom. The Morgan fingerprint density at radius 3 is 2.17 bits per heavy atom. The fourth-order valence-electron chi connectivity index (χ4n) is 6.53. The maximum absolute atomic E-state index is 14.1. The van der Waals surface area contributed by atoms with Gasteiger partial charge in [-0.25, -0.2) is 4.57 Å². The Labute approximate surface area is 272 Å². The maximum atomic E-state index is 14.1. The number of nitrogens with two attached hydrogens (primary N) is 1. The third kappa shape index (κ3) is 9.37. The fraction of sp³-hybridized carbons (Fsp3) is 0.543. The quantitative estimate of drug-likeness (QED) is 0.122. The highest BCUT2D eigenvalue weighted by molar-refractivity contribution is 6.02. The van der Waals surface area contributed by atoms with Gasteiger partial charge in [0.1, 0.15) is 30.9 Å². The molecule has 1 aliphatic carbocycles. The van der Waals surface area contributed by atoms with Crippen LogP contribution in [0.25, 0.3) is 0 Å². The molecule has 1 unspecified atom stereocenters. The minimum atomic E-state index is -1.02.